The van der Waals surface area contributed by atoms with Crippen LogP contribution in [0.1, 0.15) is 318 Å². The zero-order valence-corrected chi connectivity index (χ0v) is 55.3. The molecule has 0 aromatic rings. The van der Waals surface area contributed by atoms with E-state index in [1.165, 1.54) is 128 Å². The van der Waals surface area contributed by atoms with Crippen molar-refractivity contribution in [2.24, 2.45) is 11.8 Å². The van der Waals surface area contributed by atoms with Crippen LogP contribution in [0.3, 0.4) is 0 Å². The summed E-state index contributed by atoms with van der Waals surface area (Å²) in [5, 5.41) is 10.5. The van der Waals surface area contributed by atoms with Crippen molar-refractivity contribution in [1.29, 1.82) is 0 Å². The van der Waals surface area contributed by atoms with Gasteiger partial charge in [-0.1, -0.05) is 266 Å². The topological polar surface area (TPSA) is 237 Å². The Labute approximate surface area is 505 Å². The van der Waals surface area contributed by atoms with E-state index in [0.29, 0.717) is 37.5 Å². The van der Waals surface area contributed by atoms with Gasteiger partial charge in [0.2, 0.25) is 0 Å². The number of esters is 4. The number of phosphoric ester groups is 2. The smallest absolute Gasteiger partial charge is 0.462 e. The van der Waals surface area contributed by atoms with Crippen LogP contribution in [0.4, 0.5) is 0 Å². The summed E-state index contributed by atoms with van der Waals surface area (Å²) in [5.41, 5.74) is 0. The molecule has 0 rings (SSSR count). The van der Waals surface area contributed by atoms with Crippen LogP contribution in [0.2, 0.25) is 0 Å². The molecule has 83 heavy (non-hydrogen) atoms. The van der Waals surface area contributed by atoms with Crippen LogP contribution in [-0.4, -0.2) is 96.7 Å². The molecule has 3 N–H and O–H groups in total. The van der Waals surface area contributed by atoms with E-state index in [4.69, 9.17) is 37.0 Å². The summed E-state index contributed by atoms with van der Waals surface area (Å²) in [6.45, 7) is 9.31. The van der Waals surface area contributed by atoms with Crippen LogP contribution in [0.5, 0.6) is 0 Å². The van der Waals surface area contributed by atoms with E-state index < -0.39 is 97.5 Å². The molecular formula is C64H124O17P2. The number of unbranched alkanes of at least 4 members (excludes halogenated alkanes) is 33. The number of carbonyl (C=O) groups is 4. The highest BCUT2D eigenvalue weighted by atomic mass is 31.2. The minimum atomic E-state index is -4.94. The van der Waals surface area contributed by atoms with Crippen LogP contribution in [0.25, 0.3) is 0 Å². The number of aliphatic hydroxyl groups excluding tert-OH is 1. The van der Waals surface area contributed by atoms with Crippen LogP contribution >= 0.6 is 15.6 Å². The molecule has 17 nitrogen and oxygen atoms in total. The number of phosphoric acid groups is 2. The minimum Gasteiger partial charge on any atom is -0.462 e. The first kappa shape index (κ1) is 81.1. The van der Waals surface area contributed by atoms with Gasteiger partial charge >= 0.3 is 39.5 Å². The third kappa shape index (κ3) is 58.8. The van der Waals surface area contributed by atoms with Gasteiger partial charge < -0.3 is 33.8 Å². The molecule has 0 amide bonds. The van der Waals surface area contributed by atoms with Crippen molar-refractivity contribution in [3.8, 4) is 0 Å². The van der Waals surface area contributed by atoms with Gasteiger partial charge in [-0.05, 0) is 37.5 Å². The molecule has 0 heterocycles. The Morgan fingerprint density at radius 2 is 0.554 bits per heavy atom. The lowest BCUT2D eigenvalue weighted by Gasteiger charge is -2.21. The highest BCUT2D eigenvalue weighted by Crippen LogP contribution is 2.45. The SMILES string of the molecule is CCCCCCCCCCCCCCCCCCC(=O)O[C@H](COC(=O)CCCCCCCCC(C)C)COP(=O)(O)OC[C@@H](O)COP(=O)(O)OC[C@@H](COC(=O)CCCCCCCCCCC)OC(=O)CCCCCCCCC(C)C. The molecule has 0 saturated carbocycles. The van der Waals surface area contributed by atoms with Gasteiger partial charge in [0.05, 0.1) is 26.4 Å². The summed E-state index contributed by atoms with van der Waals surface area (Å²) in [4.78, 5) is 72.1. The van der Waals surface area contributed by atoms with Crippen LogP contribution in [-0.2, 0) is 65.4 Å². The Balaban J connectivity index is 5.19. The van der Waals surface area contributed by atoms with Crippen LogP contribution in [0.15, 0.2) is 0 Å². The lowest BCUT2D eigenvalue weighted by Crippen LogP contribution is -2.30. The Hall–Kier alpha value is -1.94. The molecule has 0 aromatic heterocycles. The van der Waals surface area contributed by atoms with Crippen molar-refractivity contribution in [3.63, 3.8) is 0 Å². The molecule has 0 radical (unpaired) electrons. The maximum Gasteiger partial charge on any atom is 0.472 e. The molecule has 19 heteroatoms. The fourth-order valence-corrected chi connectivity index (χ4v) is 11.1. The predicted molar refractivity (Wildman–Crippen MR) is 331 cm³/mol. The Bertz CT molecular complexity index is 1630. The second kappa shape index (κ2) is 56.6. The zero-order chi connectivity index (χ0) is 61.5. The number of hydrogen-bond donors (Lipinski definition) is 3. The number of ether oxygens (including phenoxy) is 4. The maximum absolute atomic E-state index is 13.0. The van der Waals surface area contributed by atoms with Gasteiger partial charge in [0.1, 0.15) is 19.3 Å². The quantitative estimate of drug-likeness (QED) is 0.0222. The van der Waals surface area contributed by atoms with Crippen molar-refractivity contribution in [2.75, 3.05) is 39.6 Å². The summed E-state index contributed by atoms with van der Waals surface area (Å²) in [5.74, 6) is -0.791. The molecule has 0 aliphatic rings. The van der Waals surface area contributed by atoms with Gasteiger partial charge in [0.15, 0.2) is 12.2 Å². The van der Waals surface area contributed by atoms with E-state index in [0.717, 1.165) is 96.3 Å². The third-order valence-electron chi connectivity index (χ3n) is 14.7. The average Bonchev–Trinajstić information content (AvgIpc) is 3.46. The van der Waals surface area contributed by atoms with Crippen molar-refractivity contribution < 1.29 is 80.2 Å². The molecule has 0 saturated heterocycles. The van der Waals surface area contributed by atoms with Crippen molar-refractivity contribution in [2.45, 2.75) is 336 Å². The van der Waals surface area contributed by atoms with Gasteiger partial charge in [-0.25, -0.2) is 9.13 Å². The normalized spacial score (nSPS) is 14.3. The second-order valence-corrected chi connectivity index (χ2v) is 27.0. The molecular weight excluding hydrogens is 1100 g/mol. The summed E-state index contributed by atoms with van der Waals surface area (Å²) < 4.78 is 67.9. The first-order valence-electron chi connectivity index (χ1n) is 33.5. The van der Waals surface area contributed by atoms with E-state index in [2.05, 4.69) is 41.5 Å². The summed E-state index contributed by atoms with van der Waals surface area (Å²) in [6, 6.07) is 0. The highest BCUT2D eigenvalue weighted by molar-refractivity contribution is 7.47. The molecule has 0 bridgehead atoms. The monoisotopic (exact) mass is 1230 g/mol. The van der Waals surface area contributed by atoms with E-state index >= 15 is 0 Å². The van der Waals surface area contributed by atoms with Crippen LogP contribution in [0, 0.1) is 11.8 Å². The summed E-state index contributed by atoms with van der Waals surface area (Å²) in [7, 11) is -9.88. The number of rotatable bonds is 63. The van der Waals surface area contributed by atoms with Gasteiger partial charge in [-0.3, -0.25) is 37.3 Å². The fourth-order valence-electron chi connectivity index (χ4n) is 9.53. The van der Waals surface area contributed by atoms with E-state index in [9.17, 15) is 43.2 Å². The second-order valence-electron chi connectivity index (χ2n) is 24.1. The Morgan fingerprint density at radius 1 is 0.325 bits per heavy atom. The van der Waals surface area contributed by atoms with Crippen molar-refractivity contribution >= 4 is 39.5 Å². The molecule has 492 valence electrons. The molecule has 2 unspecified atom stereocenters. The maximum atomic E-state index is 13.0. The number of aliphatic hydroxyl groups is 1. The molecule has 0 fully saturated rings. The van der Waals surface area contributed by atoms with Gasteiger partial charge in [-0.2, -0.15) is 0 Å². The molecule has 0 spiro atoms. The lowest BCUT2D eigenvalue weighted by atomic mass is 10.0. The minimum absolute atomic E-state index is 0.102. The van der Waals surface area contributed by atoms with Crippen molar-refractivity contribution in [3.05, 3.63) is 0 Å². The zero-order valence-electron chi connectivity index (χ0n) is 53.5. The van der Waals surface area contributed by atoms with E-state index in [-0.39, 0.29) is 25.7 Å². The summed E-state index contributed by atoms with van der Waals surface area (Å²) >= 11 is 0. The first-order chi connectivity index (χ1) is 39.9. The van der Waals surface area contributed by atoms with Crippen LogP contribution < -0.4 is 0 Å². The van der Waals surface area contributed by atoms with E-state index in [1.54, 1.807) is 0 Å². The Kier molecular flexibility index (Phi) is 55.2. The third-order valence-corrected chi connectivity index (χ3v) is 16.6. The lowest BCUT2D eigenvalue weighted by molar-refractivity contribution is -0.161. The van der Waals surface area contributed by atoms with Gasteiger partial charge in [-0.15, -0.1) is 0 Å². The Morgan fingerprint density at radius 3 is 0.819 bits per heavy atom. The largest absolute Gasteiger partial charge is 0.472 e. The molecule has 0 aromatic carbocycles. The molecule has 5 atom stereocenters. The molecule has 0 aliphatic heterocycles. The standard InChI is InChI=1S/C64H124O17P2/c1-7-9-11-13-15-17-18-19-20-21-22-23-25-27-36-42-48-63(68)80-59(53-75-62(67)47-41-35-30-28-32-38-44-56(3)4)54-78-82(70,71)76-50-58(65)51-77-83(72,73)79-55-60(81-64(69)49-43-37-31-29-33-39-45-57(5)6)52-74-61(66)46-40-34-26-24-16-14-12-10-8-2/h56-60,65H,7-55H2,1-6H3,(H,70,71)(H,72,73)/t58-,59-,60-/m1/s1. The number of carbonyl (C=O) groups excluding carboxylic acids is 4. The molecule has 0 aliphatic carbocycles. The van der Waals surface area contributed by atoms with E-state index in [1.807, 2.05) is 0 Å². The average molecular weight is 1230 g/mol. The fraction of sp³-hybridized carbons (Fsp3) is 0.938. The first-order valence-corrected chi connectivity index (χ1v) is 36.5. The predicted octanol–water partition coefficient (Wildman–Crippen LogP) is 17.7. The summed E-state index contributed by atoms with van der Waals surface area (Å²) in [6.07, 6.45) is 39.3. The van der Waals surface area contributed by atoms with Gasteiger partial charge in [0, 0.05) is 25.7 Å². The van der Waals surface area contributed by atoms with Gasteiger partial charge in [0.25, 0.3) is 0 Å². The number of hydrogen-bond acceptors (Lipinski definition) is 15. The highest BCUT2D eigenvalue weighted by Gasteiger charge is 2.30. The van der Waals surface area contributed by atoms with Crippen molar-refractivity contribution in [1.82, 2.24) is 0 Å².